The number of aromatic carboxylic acids is 1. The smallest absolute Gasteiger partial charge is 0.335 e. The van der Waals surface area contributed by atoms with E-state index >= 15 is 0 Å². The zero-order chi connectivity index (χ0) is 25.0. The quantitative estimate of drug-likeness (QED) is 0.284. The summed E-state index contributed by atoms with van der Waals surface area (Å²) in [5, 5.41) is 10.9. The third kappa shape index (κ3) is 5.68. The fourth-order valence-electron chi connectivity index (χ4n) is 3.53. The predicted octanol–water partition coefficient (Wildman–Crippen LogP) is 5.34. The minimum absolute atomic E-state index is 0.0550. The number of benzene rings is 3. The van der Waals surface area contributed by atoms with Gasteiger partial charge in [0, 0.05) is 5.38 Å². The molecular weight excluding hydrogens is 506 g/mol. The average molecular weight is 528 g/mol. The molecule has 3 aromatic carbocycles. The van der Waals surface area contributed by atoms with Gasteiger partial charge in [-0.1, -0.05) is 42.5 Å². The number of thiophene rings is 1. The summed E-state index contributed by atoms with van der Waals surface area (Å²) in [6, 6.07) is 23.2. The van der Waals surface area contributed by atoms with Crippen molar-refractivity contribution in [1.82, 2.24) is 0 Å². The van der Waals surface area contributed by atoms with Gasteiger partial charge < -0.3 is 5.11 Å². The minimum Gasteiger partial charge on any atom is -0.478 e. The topological polar surface area (TPSA) is 112 Å². The van der Waals surface area contributed by atoms with Crippen LogP contribution in [0.1, 0.15) is 21.5 Å². The van der Waals surface area contributed by atoms with Gasteiger partial charge in [0.1, 0.15) is 5.00 Å². The Bertz CT molecular complexity index is 1460. The third-order valence-corrected chi connectivity index (χ3v) is 8.98. The van der Waals surface area contributed by atoms with E-state index in [-0.39, 0.29) is 15.4 Å². The van der Waals surface area contributed by atoms with Crippen LogP contribution in [-0.2, 0) is 33.9 Å². The van der Waals surface area contributed by atoms with Crippen molar-refractivity contribution in [2.24, 2.45) is 0 Å². The van der Waals surface area contributed by atoms with Crippen LogP contribution in [-0.4, -0.2) is 28.3 Å². The lowest BCUT2D eigenvalue weighted by Gasteiger charge is -2.18. The van der Waals surface area contributed by atoms with Crippen LogP contribution in [0.5, 0.6) is 0 Å². The molecule has 2 N–H and O–H groups in total. The van der Waals surface area contributed by atoms with Crippen molar-refractivity contribution in [1.29, 1.82) is 0 Å². The van der Waals surface area contributed by atoms with Gasteiger partial charge in [0.25, 0.3) is 11.3 Å². The first-order valence-corrected chi connectivity index (χ1v) is 13.9. The number of rotatable bonds is 9. The zero-order valence-corrected chi connectivity index (χ0v) is 20.7. The maximum absolute atomic E-state index is 12.9. The largest absolute Gasteiger partial charge is 0.478 e. The van der Waals surface area contributed by atoms with Gasteiger partial charge in [-0.15, -0.1) is 11.3 Å². The molecule has 7 nitrogen and oxygen atoms in total. The molecule has 180 valence electrons. The van der Waals surface area contributed by atoms with E-state index in [9.17, 15) is 22.0 Å². The number of hydrogen-bond acceptors (Lipinski definition) is 5. The third-order valence-electron chi connectivity index (χ3n) is 5.33. The van der Waals surface area contributed by atoms with Gasteiger partial charge in [-0.3, -0.25) is 4.55 Å². The number of anilines is 2. The lowest BCUT2D eigenvalue weighted by molar-refractivity contribution is 0.0696. The second-order valence-corrected chi connectivity index (χ2v) is 11.3. The number of hydrogen-bond donors (Lipinski definition) is 2. The first kappa shape index (κ1) is 24.8. The SMILES string of the molecule is O=C(O)c1cccc(CCc2ccc(N(c3cc(S(=O)(=O)c4ccccc4)cs3)S(=O)O)cc2)c1. The number of carboxylic acid groups (broad SMARTS) is 1. The first-order chi connectivity index (χ1) is 16.8. The summed E-state index contributed by atoms with van der Waals surface area (Å²) >= 11 is -1.35. The summed E-state index contributed by atoms with van der Waals surface area (Å²) in [7, 11) is -3.74. The first-order valence-electron chi connectivity index (χ1n) is 10.5. The van der Waals surface area contributed by atoms with Crippen molar-refractivity contribution < 1.29 is 27.1 Å². The molecule has 10 heteroatoms. The molecule has 0 spiro atoms. The number of carboxylic acids is 1. The molecule has 0 aliphatic rings. The highest BCUT2D eigenvalue weighted by Gasteiger charge is 2.23. The fraction of sp³-hybridized carbons (Fsp3) is 0.0800. The van der Waals surface area contributed by atoms with Gasteiger partial charge in [0.15, 0.2) is 0 Å². The molecule has 1 unspecified atom stereocenters. The van der Waals surface area contributed by atoms with Crippen LogP contribution in [0.15, 0.2) is 100 Å². The molecule has 0 aliphatic carbocycles. The number of nitrogens with zero attached hydrogens (tertiary/aromatic N) is 1. The Morgan fingerprint density at radius 3 is 2.20 bits per heavy atom. The zero-order valence-electron chi connectivity index (χ0n) is 18.3. The summed E-state index contributed by atoms with van der Waals surface area (Å²) in [5.41, 5.74) is 2.55. The molecule has 1 aromatic heterocycles. The van der Waals surface area contributed by atoms with Gasteiger partial charge in [0.05, 0.1) is 21.0 Å². The molecular formula is C25H21NO6S3. The lowest BCUT2D eigenvalue weighted by Crippen LogP contribution is -2.18. The molecule has 1 heterocycles. The Labute approximate surface area is 209 Å². The van der Waals surface area contributed by atoms with Crippen molar-refractivity contribution in [3.05, 3.63) is 107 Å². The van der Waals surface area contributed by atoms with Gasteiger partial charge in [-0.2, -0.15) is 0 Å². The van der Waals surface area contributed by atoms with Crippen molar-refractivity contribution in [3.8, 4) is 0 Å². The Morgan fingerprint density at radius 2 is 1.54 bits per heavy atom. The summed E-state index contributed by atoms with van der Waals surface area (Å²) in [6.45, 7) is 0. The van der Waals surface area contributed by atoms with E-state index in [0.29, 0.717) is 23.5 Å². The maximum atomic E-state index is 12.9. The molecule has 35 heavy (non-hydrogen) atoms. The van der Waals surface area contributed by atoms with E-state index in [1.807, 2.05) is 18.2 Å². The molecule has 4 aromatic rings. The maximum Gasteiger partial charge on any atom is 0.335 e. The lowest BCUT2D eigenvalue weighted by atomic mass is 10.0. The monoisotopic (exact) mass is 527 g/mol. The second kappa shape index (κ2) is 10.5. The van der Waals surface area contributed by atoms with Gasteiger partial charge in [-0.25, -0.2) is 21.7 Å². The van der Waals surface area contributed by atoms with Crippen molar-refractivity contribution in [3.63, 3.8) is 0 Å². The summed E-state index contributed by atoms with van der Waals surface area (Å²) in [4.78, 5) is 11.4. The molecule has 0 saturated heterocycles. The van der Waals surface area contributed by atoms with E-state index in [1.165, 1.54) is 23.6 Å². The van der Waals surface area contributed by atoms with Crippen LogP contribution in [0.3, 0.4) is 0 Å². The fourth-order valence-corrected chi connectivity index (χ4v) is 6.84. The Hall–Kier alpha value is -3.31. The van der Waals surface area contributed by atoms with E-state index in [0.717, 1.165) is 26.8 Å². The highest BCUT2D eigenvalue weighted by molar-refractivity contribution is 7.91. The molecule has 0 amide bonds. The van der Waals surface area contributed by atoms with E-state index in [2.05, 4.69) is 0 Å². The Kier molecular flexibility index (Phi) is 7.46. The van der Waals surface area contributed by atoms with Crippen molar-refractivity contribution >= 4 is 49.1 Å². The van der Waals surface area contributed by atoms with Crippen molar-refractivity contribution in [2.75, 3.05) is 4.31 Å². The molecule has 0 bridgehead atoms. The Balaban J connectivity index is 1.52. The molecule has 1 atom stereocenters. The molecule has 4 rings (SSSR count). The molecule has 0 aliphatic heterocycles. The minimum atomic E-state index is -3.74. The summed E-state index contributed by atoms with van der Waals surface area (Å²) < 4.78 is 49.0. The highest BCUT2D eigenvalue weighted by atomic mass is 32.2. The van der Waals surface area contributed by atoms with Crippen LogP contribution in [0, 0.1) is 0 Å². The van der Waals surface area contributed by atoms with Gasteiger partial charge in [-0.05, 0) is 66.4 Å². The normalized spacial score (nSPS) is 12.3. The van der Waals surface area contributed by atoms with Crippen LogP contribution in [0.25, 0.3) is 0 Å². The molecule has 0 saturated carbocycles. The number of carbonyl (C=O) groups is 1. The van der Waals surface area contributed by atoms with Crippen LogP contribution in [0.2, 0.25) is 0 Å². The number of aryl methyl sites for hydroxylation is 2. The average Bonchev–Trinajstić information content (AvgIpc) is 3.35. The van der Waals surface area contributed by atoms with Crippen molar-refractivity contribution in [2.45, 2.75) is 22.6 Å². The van der Waals surface area contributed by atoms with E-state index < -0.39 is 27.1 Å². The van der Waals surface area contributed by atoms with E-state index in [1.54, 1.807) is 48.5 Å². The van der Waals surface area contributed by atoms with E-state index in [4.69, 9.17) is 5.11 Å². The predicted molar refractivity (Wildman–Crippen MR) is 136 cm³/mol. The van der Waals surface area contributed by atoms with Gasteiger partial charge in [0.2, 0.25) is 9.84 Å². The summed E-state index contributed by atoms with van der Waals surface area (Å²) in [5.74, 6) is -0.971. The molecule has 0 fully saturated rings. The summed E-state index contributed by atoms with van der Waals surface area (Å²) in [6.07, 6.45) is 1.30. The highest BCUT2D eigenvalue weighted by Crippen LogP contribution is 2.36. The van der Waals surface area contributed by atoms with Crippen LogP contribution < -0.4 is 4.31 Å². The van der Waals surface area contributed by atoms with Crippen LogP contribution >= 0.6 is 11.3 Å². The van der Waals surface area contributed by atoms with Crippen LogP contribution in [0.4, 0.5) is 10.7 Å². The standard InChI is InChI=1S/C25H21NO6S3/c27-25(28)20-6-4-5-19(15-20)10-9-18-11-13-21(14-12-18)26(34(29)30)24-16-23(17-33-24)35(31,32)22-7-2-1-3-8-22/h1-8,11-17H,9-10H2,(H,27,28)(H,29,30). The molecule has 0 radical (unpaired) electrons. The number of sulfone groups is 1. The van der Waals surface area contributed by atoms with Gasteiger partial charge >= 0.3 is 5.97 Å². The second-order valence-electron chi connectivity index (χ2n) is 7.63. The Morgan fingerprint density at radius 1 is 0.857 bits per heavy atom.